The Kier molecular flexibility index (Phi) is 3.93. The van der Waals surface area contributed by atoms with Crippen LogP contribution in [0, 0.1) is 6.92 Å². The minimum absolute atomic E-state index is 0.310. The first-order valence-electron chi connectivity index (χ1n) is 6.80. The average Bonchev–Trinajstić information content (AvgIpc) is 2.39. The van der Waals surface area contributed by atoms with E-state index in [0.717, 1.165) is 23.0 Å². The van der Waals surface area contributed by atoms with E-state index in [0.29, 0.717) is 11.8 Å². The van der Waals surface area contributed by atoms with Crippen molar-refractivity contribution in [2.75, 3.05) is 0 Å². The molecule has 0 radical (unpaired) electrons. The summed E-state index contributed by atoms with van der Waals surface area (Å²) in [6.07, 6.45) is 0. The first-order chi connectivity index (χ1) is 8.97. The number of aromatic nitrogens is 3. The molecule has 0 bridgehead atoms. The quantitative estimate of drug-likeness (QED) is 0.829. The molecular weight excluding hydrogens is 234 g/mol. The summed E-state index contributed by atoms with van der Waals surface area (Å²) in [4.78, 5) is 13.7. The Morgan fingerprint density at radius 3 is 1.63 bits per heavy atom. The van der Waals surface area contributed by atoms with E-state index in [4.69, 9.17) is 0 Å². The third kappa shape index (κ3) is 3.16. The standard InChI is InChI=1S/C16H21N3/c1-10(2)14-17-15(11(3)4)19-16(18-14)13-8-6-12(5)7-9-13/h6-11H,1-5H3. The molecule has 2 rings (SSSR count). The molecule has 3 nitrogen and oxygen atoms in total. The van der Waals surface area contributed by atoms with Crippen LogP contribution in [0.2, 0.25) is 0 Å². The second kappa shape index (κ2) is 5.47. The number of nitrogens with zero attached hydrogens (tertiary/aromatic N) is 3. The lowest BCUT2D eigenvalue weighted by molar-refractivity contribution is 0.697. The van der Waals surface area contributed by atoms with Gasteiger partial charge in [-0.05, 0) is 6.92 Å². The maximum atomic E-state index is 4.59. The van der Waals surface area contributed by atoms with E-state index in [1.807, 2.05) is 0 Å². The highest BCUT2D eigenvalue weighted by molar-refractivity contribution is 5.55. The van der Waals surface area contributed by atoms with Crippen LogP contribution in [0.15, 0.2) is 24.3 Å². The van der Waals surface area contributed by atoms with Gasteiger partial charge in [0.05, 0.1) is 0 Å². The summed E-state index contributed by atoms with van der Waals surface area (Å²) >= 11 is 0. The van der Waals surface area contributed by atoms with Crippen molar-refractivity contribution in [3.8, 4) is 11.4 Å². The zero-order chi connectivity index (χ0) is 14.0. The molecule has 0 saturated carbocycles. The van der Waals surface area contributed by atoms with Gasteiger partial charge in [0, 0.05) is 17.4 Å². The summed E-state index contributed by atoms with van der Waals surface area (Å²) in [5, 5.41) is 0. The fourth-order valence-corrected chi connectivity index (χ4v) is 1.76. The van der Waals surface area contributed by atoms with Gasteiger partial charge in [0.25, 0.3) is 0 Å². The summed E-state index contributed by atoms with van der Waals surface area (Å²) < 4.78 is 0. The Balaban J connectivity index is 2.52. The lowest BCUT2D eigenvalue weighted by Crippen LogP contribution is -2.08. The van der Waals surface area contributed by atoms with Crippen molar-refractivity contribution in [1.82, 2.24) is 15.0 Å². The number of benzene rings is 1. The normalized spacial score (nSPS) is 11.3. The van der Waals surface area contributed by atoms with E-state index in [9.17, 15) is 0 Å². The molecule has 1 aromatic carbocycles. The van der Waals surface area contributed by atoms with Crippen LogP contribution >= 0.6 is 0 Å². The minimum Gasteiger partial charge on any atom is -0.217 e. The molecule has 0 N–H and O–H groups in total. The molecule has 1 heterocycles. The molecule has 0 saturated heterocycles. The van der Waals surface area contributed by atoms with E-state index in [-0.39, 0.29) is 0 Å². The minimum atomic E-state index is 0.310. The largest absolute Gasteiger partial charge is 0.217 e. The maximum absolute atomic E-state index is 4.59. The molecular formula is C16H21N3. The van der Waals surface area contributed by atoms with Gasteiger partial charge in [0.15, 0.2) is 5.82 Å². The Bertz CT molecular complexity index is 530. The van der Waals surface area contributed by atoms with Crippen LogP contribution < -0.4 is 0 Å². The van der Waals surface area contributed by atoms with E-state index >= 15 is 0 Å². The average molecular weight is 255 g/mol. The highest BCUT2D eigenvalue weighted by atomic mass is 15.0. The van der Waals surface area contributed by atoms with Crippen molar-refractivity contribution in [2.45, 2.75) is 46.5 Å². The van der Waals surface area contributed by atoms with Crippen molar-refractivity contribution in [1.29, 1.82) is 0 Å². The Morgan fingerprint density at radius 1 is 0.737 bits per heavy atom. The summed E-state index contributed by atoms with van der Waals surface area (Å²) in [6, 6.07) is 8.31. The van der Waals surface area contributed by atoms with Crippen LogP contribution in [0.4, 0.5) is 0 Å². The number of hydrogen-bond donors (Lipinski definition) is 0. The highest BCUT2D eigenvalue weighted by Gasteiger charge is 2.12. The molecule has 0 spiro atoms. The fourth-order valence-electron chi connectivity index (χ4n) is 1.76. The van der Waals surface area contributed by atoms with Gasteiger partial charge in [-0.15, -0.1) is 0 Å². The van der Waals surface area contributed by atoms with Crippen molar-refractivity contribution < 1.29 is 0 Å². The lowest BCUT2D eigenvalue weighted by atomic mass is 10.1. The van der Waals surface area contributed by atoms with E-state index in [1.54, 1.807) is 0 Å². The zero-order valence-electron chi connectivity index (χ0n) is 12.3. The molecule has 0 aliphatic carbocycles. The molecule has 0 aliphatic rings. The molecule has 100 valence electrons. The predicted octanol–water partition coefficient (Wildman–Crippen LogP) is 4.09. The lowest BCUT2D eigenvalue weighted by Gasteiger charge is -2.11. The number of hydrogen-bond acceptors (Lipinski definition) is 3. The summed E-state index contributed by atoms with van der Waals surface area (Å²) in [5.41, 5.74) is 2.29. The molecule has 0 amide bonds. The fraction of sp³-hybridized carbons (Fsp3) is 0.438. The molecule has 3 heteroatoms. The van der Waals surface area contributed by atoms with Crippen molar-refractivity contribution in [3.63, 3.8) is 0 Å². The summed E-state index contributed by atoms with van der Waals surface area (Å²) in [5.74, 6) is 3.14. The van der Waals surface area contributed by atoms with Crippen LogP contribution in [0.25, 0.3) is 11.4 Å². The SMILES string of the molecule is Cc1ccc(-c2nc(C(C)C)nc(C(C)C)n2)cc1. The van der Waals surface area contributed by atoms with Gasteiger partial charge in [0.1, 0.15) is 11.6 Å². The molecule has 2 aromatic rings. The second-order valence-corrected chi connectivity index (χ2v) is 5.55. The maximum Gasteiger partial charge on any atom is 0.163 e. The third-order valence-corrected chi connectivity index (χ3v) is 3.01. The molecule has 0 aliphatic heterocycles. The molecule has 0 fully saturated rings. The molecule has 19 heavy (non-hydrogen) atoms. The van der Waals surface area contributed by atoms with Crippen LogP contribution in [-0.4, -0.2) is 15.0 Å². The van der Waals surface area contributed by atoms with Gasteiger partial charge in [-0.2, -0.15) is 0 Å². The van der Waals surface area contributed by atoms with Gasteiger partial charge >= 0.3 is 0 Å². The molecule has 0 atom stereocenters. The van der Waals surface area contributed by atoms with E-state index in [2.05, 4.69) is 73.8 Å². The van der Waals surface area contributed by atoms with Crippen molar-refractivity contribution in [3.05, 3.63) is 41.5 Å². The topological polar surface area (TPSA) is 38.7 Å². The first kappa shape index (κ1) is 13.7. The van der Waals surface area contributed by atoms with Gasteiger partial charge < -0.3 is 0 Å². The van der Waals surface area contributed by atoms with Crippen molar-refractivity contribution in [2.24, 2.45) is 0 Å². The Labute approximate surface area is 115 Å². The van der Waals surface area contributed by atoms with Crippen molar-refractivity contribution >= 4 is 0 Å². The van der Waals surface area contributed by atoms with Crippen LogP contribution in [-0.2, 0) is 0 Å². The Hall–Kier alpha value is -1.77. The number of rotatable bonds is 3. The first-order valence-corrected chi connectivity index (χ1v) is 6.80. The number of aryl methyl sites for hydroxylation is 1. The predicted molar refractivity (Wildman–Crippen MR) is 78.2 cm³/mol. The van der Waals surface area contributed by atoms with Gasteiger partial charge in [-0.3, -0.25) is 0 Å². The third-order valence-electron chi connectivity index (χ3n) is 3.01. The van der Waals surface area contributed by atoms with E-state index in [1.165, 1.54) is 5.56 Å². The highest BCUT2D eigenvalue weighted by Crippen LogP contribution is 2.20. The van der Waals surface area contributed by atoms with Gasteiger partial charge in [0.2, 0.25) is 0 Å². The molecule has 1 aromatic heterocycles. The smallest absolute Gasteiger partial charge is 0.163 e. The Morgan fingerprint density at radius 2 is 1.21 bits per heavy atom. The van der Waals surface area contributed by atoms with Gasteiger partial charge in [-0.1, -0.05) is 57.5 Å². The van der Waals surface area contributed by atoms with Crippen LogP contribution in [0.5, 0.6) is 0 Å². The summed E-state index contributed by atoms with van der Waals surface area (Å²) in [7, 11) is 0. The zero-order valence-corrected chi connectivity index (χ0v) is 12.3. The monoisotopic (exact) mass is 255 g/mol. The second-order valence-electron chi connectivity index (χ2n) is 5.55. The summed E-state index contributed by atoms with van der Waals surface area (Å²) in [6.45, 7) is 10.5. The van der Waals surface area contributed by atoms with E-state index < -0.39 is 0 Å². The van der Waals surface area contributed by atoms with Crippen LogP contribution in [0.3, 0.4) is 0 Å². The molecule has 0 unspecified atom stereocenters. The van der Waals surface area contributed by atoms with Gasteiger partial charge in [-0.25, -0.2) is 15.0 Å². The van der Waals surface area contributed by atoms with Crippen LogP contribution in [0.1, 0.15) is 56.7 Å².